The summed E-state index contributed by atoms with van der Waals surface area (Å²) in [4.78, 5) is 5.26. The molecule has 0 aromatic heterocycles. The Labute approximate surface area is 118 Å². The van der Waals surface area contributed by atoms with Gasteiger partial charge in [0.05, 0.1) is 6.10 Å². The van der Waals surface area contributed by atoms with Crippen molar-refractivity contribution in [1.29, 1.82) is 0 Å². The highest BCUT2D eigenvalue weighted by Gasteiger charge is 2.44. The van der Waals surface area contributed by atoms with Crippen LogP contribution in [0.4, 0.5) is 0 Å². The average molecular weight is 266 g/mol. The molecule has 3 nitrogen and oxygen atoms in total. The molecule has 2 saturated carbocycles. The molecule has 0 aromatic carbocycles. The Morgan fingerprint density at radius 2 is 1.47 bits per heavy atom. The third kappa shape index (κ3) is 2.70. The van der Waals surface area contributed by atoms with Gasteiger partial charge in [-0.3, -0.25) is 9.80 Å². The summed E-state index contributed by atoms with van der Waals surface area (Å²) >= 11 is 0. The van der Waals surface area contributed by atoms with Crippen LogP contribution in [0.15, 0.2) is 0 Å². The molecule has 3 fully saturated rings. The van der Waals surface area contributed by atoms with Crippen LogP contribution in [0.25, 0.3) is 0 Å². The van der Waals surface area contributed by atoms with Crippen molar-refractivity contribution in [3.05, 3.63) is 0 Å². The van der Waals surface area contributed by atoms with Crippen molar-refractivity contribution < 1.29 is 5.11 Å². The van der Waals surface area contributed by atoms with E-state index in [0.717, 1.165) is 19.1 Å². The molecule has 1 heterocycles. The lowest BCUT2D eigenvalue weighted by molar-refractivity contribution is -0.00860. The van der Waals surface area contributed by atoms with Crippen molar-refractivity contribution in [1.82, 2.24) is 9.80 Å². The van der Waals surface area contributed by atoms with Gasteiger partial charge in [-0.1, -0.05) is 26.7 Å². The predicted octanol–water partition coefficient (Wildman–Crippen LogP) is 2.10. The van der Waals surface area contributed by atoms with Gasteiger partial charge < -0.3 is 5.11 Å². The largest absolute Gasteiger partial charge is 0.391 e. The minimum atomic E-state index is -0.134. The van der Waals surface area contributed by atoms with E-state index < -0.39 is 0 Å². The first kappa shape index (κ1) is 13.8. The molecule has 0 aromatic rings. The van der Waals surface area contributed by atoms with Crippen LogP contribution in [0.3, 0.4) is 0 Å². The molecule has 1 N–H and O–H groups in total. The minimum absolute atomic E-state index is 0.118. The zero-order valence-corrected chi connectivity index (χ0v) is 12.6. The van der Waals surface area contributed by atoms with Gasteiger partial charge in [-0.15, -0.1) is 0 Å². The molecule has 3 aliphatic rings. The number of hydrogen-bond donors (Lipinski definition) is 1. The fourth-order valence-corrected chi connectivity index (χ4v) is 4.43. The highest BCUT2D eigenvalue weighted by molar-refractivity contribution is 4.97. The number of nitrogens with zero attached hydrogens (tertiary/aromatic N) is 2. The van der Waals surface area contributed by atoms with E-state index in [1.165, 1.54) is 51.6 Å². The minimum Gasteiger partial charge on any atom is -0.391 e. The van der Waals surface area contributed by atoms with Crippen LogP contribution in [0.1, 0.15) is 52.4 Å². The van der Waals surface area contributed by atoms with E-state index in [1.807, 2.05) is 0 Å². The van der Waals surface area contributed by atoms with Crippen LogP contribution in [0.5, 0.6) is 0 Å². The summed E-state index contributed by atoms with van der Waals surface area (Å²) in [6.07, 6.45) is 7.91. The van der Waals surface area contributed by atoms with Crippen molar-refractivity contribution in [2.24, 2.45) is 5.41 Å². The van der Waals surface area contributed by atoms with Gasteiger partial charge in [0.1, 0.15) is 0 Å². The van der Waals surface area contributed by atoms with Gasteiger partial charge in [-0.25, -0.2) is 0 Å². The van der Waals surface area contributed by atoms with E-state index in [9.17, 15) is 5.11 Å². The summed E-state index contributed by atoms with van der Waals surface area (Å²) < 4.78 is 0. The van der Waals surface area contributed by atoms with Crippen LogP contribution < -0.4 is 0 Å². The summed E-state index contributed by atoms with van der Waals surface area (Å²) in [5, 5.41) is 10.5. The van der Waals surface area contributed by atoms with Crippen molar-refractivity contribution in [2.45, 2.75) is 70.6 Å². The maximum absolute atomic E-state index is 10.5. The van der Waals surface area contributed by atoms with E-state index in [0.29, 0.717) is 6.04 Å². The lowest BCUT2D eigenvalue weighted by atomic mass is 9.88. The molecule has 1 saturated heterocycles. The smallest absolute Gasteiger partial charge is 0.0746 e. The summed E-state index contributed by atoms with van der Waals surface area (Å²) in [7, 11) is 0. The number of aliphatic hydroxyl groups is 1. The van der Waals surface area contributed by atoms with Gasteiger partial charge in [0.2, 0.25) is 0 Å². The molecule has 19 heavy (non-hydrogen) atoms. The Balaban J connectivity index is 1.53. The van der Waals surface area contributed by atoms with E-state index in [-0.39, 0.29) is 11.5 Å². The maximum atomic E-state index is 10.5. The standard InChI is InChI=1S/C16H30N2O/c1-16(2)8-7-14(15(16)19)18-11-9-17(10-12-18)13-5-3-4-6-13/h13-15,19H,3-12H2,1-2H3. The lowest BCUT2D eigenvalue weighted by Crippen LogP contribution is -2.55. The quantitative estimate of drug-likeness (QED) is 0.829. The zero-order chi connectivity index (χ0) is 13.5. The topological polar surface area (TPSA) is 26.7 Å². The van der Waals surface area contributed by atoms with Crippen molar-refractivity contribution in [3.63, 3.8) is 0 Å². The summed E-state index contributed by atoms with van der Waals surface area (Å²) in [6.45, 7) is 9.18. The first-order valence-corrected chi connectivity index (χ1v) is 8.24. The number of rotatable bonds is 2. The van der Waals surface area contributed by atoms with Gasteiger partial charge in [-0.2, -0.15) is 0 Å². The molecule has 110 valence electrons. The van der Waals surface area contributed by atoms with Gasteiger partial charge in [0.15, 0.2) is 0 Å². The first-order valence-electron chi connectivity index (χ1n) is 8.24. The molecule has 0 amide bonds. The predicted molar refractivity (Wildman–Crippen MR) is 78.2 cm³/mol. The summed E-state index contributed by atoms with van der Waals surface area (Å²) in [5.41, 5.74) is 0.118. The van der Waals surface area contributed by atoms with Gasteiger partial charge in [0, 0.05) is 38.3 Å². The Bertz CT molecular complexity index is 304. The van der Waals surface area contributed by atoms with Crippen LogP contribution in [-0.4, -0.2) is 59.3 Å². The van der Waals surface area contributed by atoms with E-state index in [4.69, 9.17) is 0 Å². The average Bonchev–Trinajstić information content (AvgIpc) is 3.01. The molecule has 2 aliphatic carbocycles. The third-order valence-electron chi connectivity index (χ3n) is 5.91. The van der Waals surface area contributed by atoms with Gasteiger partial charge >= 0.3 is 0 Å². The Hall–Kier alpha value is -0.120. The van der Waals surface area contributed by atoms with Crippen LogP contribution >= 0.6 is 0 Å². The molecule has 3 heteroatoms. The molecular weight excluding hydrogens is 236 g/mol. The zero-order valence-electron chi connectivity index (χ0n) is 12.6. The Morgan fingerprint density at radius 3 is 2.00 bits per heavy atom. The molecule has 3 rings (SSSR count). The molecular formula is C16H30N2O. The maximum Gasteiger partial charge on any atom is 0.0746 e. The van der Waals surface area contributed by atoms with Crippen LogP contribution in [-0.2, 0) is 0 Å². The van der Waals surface area contributed by atoms with Gasteiger partial charge in [-0.05, 0) is 31.1 Å². The molecule has 2 atom stereocenters. The first-order chi connectivity index (χ1) is 9.08. The molecule has 2 unspecified atom stereocenters. The second-order valence-corrected chi connectivity index (χ2v) is 7.55. The number of aliphatic hydroxyl groups excluding tert-OH is 1. The highest BCUT2D eigenvalue weighted by Crippen LogP contribution is 2.40. The normalized spacial score (nSPS) is 38.1. The molecule has 0 radical (unpaired) electrons. The Morgan fingerprint density at radius 1 is 0.895 bits per heavy atom. The fourth-order valence-electron chi connectivity index (χ4n) is 4.43. The lowest BCUT2D eigenvalue weighted by Gasteiger charge is -2.42. The van der Waals surface area contributed by atoms with Crippen molar-refractivity contribution in [2.75, 3.05) is 26.2 Å². The Kier molecular flexibility index (Phi) is 3.89. The number of hydrogen-bond acceptors (Lipinski definition) is 3. The molecule has 0 bridgehead atoms. The highest BCUT2D eigenvalue weighted by atomic mass is 16.3. The van der Waals surface area contributed by atoms with Crippen LogP contribution in [0, 0.1) is 5.41 Å². The molecule has 0 spiro atoms. The number of piperazine rings is 1. The van der Waals surface area contributed by atoms with Gasteiger partial charge in [0.25, 0.3) is 0 Å². The third-order valence-corrected chi connectivity index (χ3v) is 5.91. The van der Waals surface area contributed by atoms with E-state index in [2.05, 4.69) is 23.6 Å². The van der Waals surface area contributed by atoms with E-state index in [1.54, 1.807) is 0 Å². The van der Waals surface area contributed by atoms with Crippen molar-refractivity contribution >= 4 is 0 Å². The second-order valence-electron chi connectivity index (χ2n) is 7.55. The van der Waals surface area contributed by atoms with E-state index >= 15 is 0 Å². The monoisotopic (exact) mass is 266 g/mol. The fraction of sp³-hybridized carbons (Fsp3) is 1.00. The molecule has 1 aliphatic heterocycles. The van der Waals surface area contributed by atoms with Crippen LogP contribution in [0.2, 0.25) is 0 Å². The summed E-state index contributed by atoms with van der Waals surface area (Å²) in [6, 6.07) is 1.29. The second kappa shape index (κ2) is 5.34. The SMILES string of the molecule is CC1(C)CCC(N2CCN(C3CCCC3)CC2)C1O. The summed E-state index contributed by atoms with van der Waals surface area (Å²) in [5.74, 6) is 0. The van der Waals surface area contributed by atoms with Crippen molar-refractivity contribution in [3.8, 4) is 0 Å².